The molecule has 19 heavy (non-hydrogen) atoms. The van der Waals surface area contributed by atoms with Crippen LogP contribution >= 0.6 is 0 Å². The maximum absolute atomic E-state index is 13.2. The summed E-state index contributed by atoms with van der Waals surface area (Å²) in [6.45, 7) is 3.29. The van der Waals surface area contributed by atoms with E-state index in [2.05, 4.69) is 10.3 Å². The van der Waals surface area contributed by atoms with Gasteiger partial charge in [0.15, 0.2) is 0 Å². The van der Waals surface area contributed by atoms with E-state index < -0.39 is 0 Å². The second-order valence-corrected chi connectivity index (χ2v) is 4.38. The number of nitrogens with zero attached hydrogens (tertiary/aromatic N) is 2. The molecule has 102 valence electrons. The first-order chi connectivity index (χ1) is 9.20. The number of hydrogen-bond acceptors (Lipinski definition) is 3. The molecule has 1 N–H and O–H groups in total. The number of nitrogens with one attached hydrogen (secondary N) is 1. The predicted octanol–water partition coefficient (Wildman–Crippen LogP) is 3.11. The zero-order valence-corrected chi connectivity index (χ0v) is 11.2. The quantitative estimate of drug-likeness (QED) is 0.814. The average molecular weight is 263 g/mol. The number of aryl methyl sites for hydroxylation is 2. The third-order valence-corrected chi connectivity index (χ3v) is 2.88. The van der Waals surface area contributed by atoms with Gasteiger partial charge in [0.05, 0.1) is 0 Å². The van der Waals surface area contributed by atoms with Crippen LogP contribution in [0.1, 0.15) is 12.0 Å². The Morgan fingerprint density at radius 3 is 3.00 bits per heavy atom. The molecule has 0 aliphatic rings. The SMILES string of the molecule is COCCCn1ccnc1Nc1ccc(F)c(C)c1. The number of halogens is 1. The molecule has 0 saturated heterocycles. The molecule has 2 aromatic rings. The first-order valence-corrected chi connectivity index (χ1v) is 6.24. The maximum atomic E-state index is 13.2. The van der Waals surface area contributed by atoms with Gasteiger partial charge in [0.1, 0.15) is 5.82 Å². The van der Waals surface area contributed by atoms with Crippen LogP contribution in [0.25, 0.3) is 0 Å². The highest BCUT2D eigenvalue weighted by molar-refractivity contribution is 5.54. The Hall–Kier alpha value is -1.88. The number of rotatable bonds is 6. The summed E-state index contributed by atoms with van der Waals surface area (Å²) < 4.78 is 20.2. The third-order valence-electron chi connectivity index (χ3n) is 2.88. The normalized spacial score (nSPS) is 10.7. The molecule has 0 atom stereocenters. The van der Waals surface area contributed by atoms with Crippen LogP contribution in [0, 0.1) is 12.7 Å². The van der Waals surface area contributed by atoms with E-state index in [1.54, 1.807) is 32.4 Å². The second kappa shape index (κ2) is 6.33. The summed E-state index contributed by atoms with van der Waals surface area (Å²) in [5, 5.41) is 3.19. The molecule has 0 spiro atoms. The van der Waals surface area contributed by atoms with E-state index in [0.717, 1.165) is 24.6 Å². The van der Waals surface area contributed by atoms with E-state index in [0.29, 0.717) is 12.2 Å². The van der Waals surface area contributed by atoms with Crippen molar-refractivity contribution < 1.29 is 9.13 Å². The molecule has 0 fully saturated rings. The van der Waals surface area contributed by atoms with Crippen LogP contribution in [0.2, 0.25) is 0 Å². The predicted molar refractivity (Wildman–Crippen MR) is 73.1 cm³/mol. The van der Waals surface area contributed by atoms with Crippen LogP contribution in [-0.2, 0) is 11.3 Å². The van der Waals surface area contributed by atoms with Crippen LogP contribution in [0.15, 0.2) is 30.6 Å². The molecule has 0 radical (unpaired) electrons. The molecule has 1 aromatic carbocycles. The minimum absolute atomic E-state index is 0.200. The second-order valence-electron chi connectivity index (χ2n) is 4.38. The number of anilines is 2. The first-order valence-electron chi connectivity index (χ1n) is 6.24. The summed E-state index contributed by atoms with van der Waals surface area (Å²) in [4.78, 5) is 4.26. The summed E-state index contributed by atoms with van der Waals surface area (Å²) in [5.74, 6) is 0.552. The van der Waals surface area contributed by atoms with Gasteiger partial charge in [-0.25, -0.2) is 9.37 Å². The molecule has 0 aliphatic carbocycles. The van der Waals surface area contributed by atoms with E-state index in [9.17, 15) is 4.39 Å². The van der Waals surface area contributed by atoms with Gasteiger partial charge in [-0.05, 0) is 37.1 Å². The fourth-order valence-corrected chi connectivity index (χ4v) is 1.84. The van der Waals surface area contributed by atoms with Gasteiger partial charge in [-0.2, -0.15) is 0 Å². The molecule has 0 unspecified atom stereocenters. The van der Waals surface area contributed by atoms with Gasteiger partial charge in [0.25, 0.3) is 0 Å². The molecule has 1 heterocycles. The number of ether oxygens (including phenoxy) is 1. The highest BCUT2D eigenvalue weighted by atomic mass is 19.1. The van der Waals surface area contributed by atoms with Crippen LogP contribution in [0.4, 0.5) is 16.0 Å². The van der Waals surface area contributed by atoms with Gasteiger partial charge in [-0.1, -0.05) is 0 Å². The van der Waals surface area contributed by atoms with E-state index >= 15 is 0 Å². The van der Waals surface area contributed by atoms with Gasteiger partial charge in [0.2, 0.25) is 5.95 Å². The fourth-order valence-electron chi connectivity index (χ4n) is 1.84. The Balaban J connectivity index is 2.06. The number of imidazole rings is 1. The van der Waals surface area contributed by atoms with Gasteiger partial charge < -0.3 is 14.6 Å². The monoisotopic (exact) mass is 263 g/mol. The van der Waals surface area contributed by atoms with Crippen molar-refractivity contribution in [3.05, 3.63) is 42.0 Å². The van der Waals surface area contributed by atoms with E-state index in [1.165, 1.54) is 6.07 Å². The van der Waals surface area contributed by atoms with Gasteiger partial charge >= 0.3 is 0 Å². The Morgan fingerprint density at radius 1 is 1.42 bits per heavy atom. The van der Waals surface area contributed by atoms with Crippen molar-refractivity contribution in [3.8, 4) is 0 Å². The minimum Gasteiger partial charge on any atom is -0.385 e. The number of methoxy groups -OCH3 is 1. The molecule has 0 saturated carbocycles. The molecular weight excluding hydrogens is 245 g/mol. The van der Waals surface area contributed by atoms with Crippen molar-refractivity contribution in [2.75, 3.05) is 19.0 Å². The van der Waals surface area contributed by atoms with E-state index in [-0.39, 0.29) is 5.82 Å². The Kier molecular flexibility index (Phi) is 4.52. The summed E-state index contributed by atoms with van der Waals surface area (Å²) in [6, 6.07) is 4.93. The lowest BCUT2D eigenvalue weighted by Gasteiger charge is -2.10. The summed E-state index contributed by atoms with van der Waals surface area (Å²) >= 11 is 0. The topological polar surface area (TPSA) is 39.1 Å². The minimum atomic E-state index is -0.200. The van der Waals surface area contributed by atoms with E-state index in [1.807, 2.05) is 10.8 Å². The smallest absolute Gasteiger partial charge is 0.207 e. The van der Waals surface area contributed by atoms with Crippen molar-refractivity contribution in [2.24, 2.45) is 0 Å². The average Bonchev–Trinajstić information content (AvgIpc) is 2.82. The number of aromatic nitrogens is 2. The zero-order valence-electron chi connectivity index (χ0n) is 11.2. The fraction of sp³-hybridized carbons (Fsp3) is 0.357. The third kappa shape index (κ3) is 3.54. The zero-order chi connectivity index (χ0) is 13.7. The van der Waals surface area contributed by atoms with Crippen molar-refractivity contribution in [1.29, 1.82) is 0 Å². The lowest BCUT2D eigenvalue weighted by molar-refractivity contribution is 0.190. The van der Waals surface area contributed by atoms with E-state index in [4.69, 9.17) is 4.74 Å². The molecule has 5 heteroatoms. The Labute approximate surface area is 112 Å². The van der Waals surface area contributed by atoms with Gasteiger partial charge in [-0.3, -0.25) is 0 Å². The summed E-state index contributed by atoms with van der Waals surface area (Å²) in [5.41, 5.74) is 1.44. The molecule has 1 aromatic heterocycles. The maximum Gasteiger partial charge on any atom is 0.207 e. The van der Waals surface area contributed by atoms with Gasteiger partial charge in [0, 0.05) is 38.3 Å². The van der Waals surface area contributed by atoms with Gasteiger partial charge in [-0.15, -0.1) is 0 Å². The molecule has 0 aliphatic heterocycles. The lowest BCUT2D eigenvalue weighted by Crippen LogP contribution is -2.05. The Morgan fingerprint density at radius 2 is 2.26 bits per heavy atom. The highest BCUT2D eigenvalue weighted by Gasteiger charge is 2.04. The standard InChI is InChI=1S/C14H18FN3O/c1-11-10-12(4-5-13(11)15)17-14-16-6-8-18(14)7-3-9-19-2/h4-6,8,10H,3,7,9H2,1-2H3,(H,16,17). The van der Waals surface area contributed by atoms with Crippen LogP contribution in [-0.4, -0.2) is 23.3 Å². The highest BCUT2D eigenvalue weighted by Crippen LogP contribution is 2.18. The molecule has 2 rings (SSSR count). The van der Waals surface area contributed by atoms with Crippen LogP contribution < -0.4 is 5.32 Å². The lowest BCUT2D eigenvalue weighted by atomic mass is 10.2. The van der Waals surface area contributed by atoms with Crippen LogP contribution in [0.3, 0.4) is 0 Å². The van der Waals surface area contributed by atoms with Crippen molar-refractivity contribution >= 4 is 11.6 Å². The largest absolute Gasteiger partial charge is 0.385 e. The Bertz CT molecular complexity index is 539. The van der Waals surface area contributed by atoms with Crippen molar-refractivity contribution in [3.63, 3.8) is 0 Å². The van der Waals surface area contributed by atoms with Crippen molar-refractivity contribution in [1.82, 2.24) is 9.55 Å². The molecular formula is C14H18FN3O. The molecule has 0 bridgehead atoms. The number of benzene rings is 1. The molecule has 4 nitrogen and oxygen atoms in total. The molecule has 0 amide bonds. The number of hydrogen-bond donors (Lipinski definition) is 1. The summed E-state index contributed by atoms with van der Waals surface area (Å²) in [7, 11) is 1.69. The first kappa shape index (κ1) is 13.5. The summed E-state index contributed by atoms with van der Waals surface area (Å²) in [6.07, 6.45) is 4.57. The van der Waals surface area contributed by atoms with Crippen molar-refractivity contribution in [2.45, 2.75) is 19.9 Å². The van der Waals surface area contributed by atoms with Crippen LogP contribution in [0.5, 0.6) is 0 Å².